The van der Waals surface area contributed by atoms with Crippen LogP contribution in [-0.2, 0) is 19.5 Å². The van der Waals surface area contributed by atoms with Crippen molar-refractivity contribution in [1.82, 2.24) is 14.3 Å². The molecule has 102 valence electrons. The van der Waals surface area contributed by atoms with Crippen LogP contribution < -0.4 is 11.2 Å². The number of nitrogens with two attached hydrogens (primary N) is 1. The molecule has 0 saturated heterocycles. The van der Waals surface area contributed by atoms with Crippen molar-refractivity contribution in [2.75, 3.05) is 5.73 Å². The fraction of sp³-hybridized carbons (Fsp3) is 0.385. The van der Waals surface area contributed by atoms with Crippen molar-refractivity contribution in [3.8, 4) is 0 Å². The summed E-state index contributed by atoms with van der Waals surface area (Å²) in [6, 6.07) is 2.09. The van der Waals surface area contributed by atoms with Crippen molar-refractivity contribution in [3.63, 3.8) is 0 Å². The Balaban J connectivity index is 2.35. The molecule has 0 aliphatic rings. The molecule has 0 aromatic carbocycles. The highest BCUT2D eigenvalue weighted by molar-refractivity contribution is 9.10. The number of halogens is 1. The highest BCUT2D eigenvalue weighted by Gasteiger charge is 2.08. The van der Waals surface area contributed by atoms with Crippen molar-refractivity contribution < 1.29 is 0 Å². The van der Waals surface area contributed by atoms with E-state index >= 15 is 0 Å². The first-order valence-electron chi connectivity index (χ1n) is 6.25. The van der Waals surface area contributed by atoms with E-state index < -0.39 is 0 Å². The van der Waals surface area contributed by atoms with E-state index in [9.17, 15) is 4.79 Å². The molecule has 0 amide bonds. The minimum atomic E-state index is -0.172. The summed E-state index contributed by atoms with van der Waals surface area (Å²) >= 11 is 3.23. The molecule has 2 N–H and O–H groups in total. The molecule has 2 heterocycles. The normalized spacial score (nSPS) is 10.9. The van der Waals surface area contributed by atoms with Crippen molar-refractivity contribution >= 4 is 21.6 Å². The van der Waals surface area contributed by atoms with Crippen LogP contribution in [0.1, 0.15) is 25.2 Å². The summed E-state index contributed by atoms with van der Waals surface area (Å²) in [5.41, 5.74) is 7.94. The van der Waals surface area contributed by atoms with Gasteiger partial charge in [-0.1, -0.05) is 6.92 Å². The smallest absolute Gasteiger partial charge is 0.218 e. The average molecular weight is 325 g/mol. The predicted molar refractivity (Wildman–Crippen MR) is 79.2 cm³/mol. The van der Waals surface area contributed by atoms with Gasteiger partial charge >= 0.3 is 0 Å². The van der Waals surface area contributed by atoms with Gasteiger partial charge in [0, 0.05) is 18.9 Å². The number of aryl methyl sites for hydroxylation is 2. The topological polar surface area (TPSA) is 65.8 Å². The van der Waals surface area contributed by atoms with Gasteiger partial charge in [0.15, 0.2) is 0 Å². The van der Waals surface area contributed by atoms with Crippen LogP contribution in [0, 0.1) is 0 Å². The molecule has 0 atom stereocenters. The summed E-state index contributed by atoms with van der Waals surface area (Å²) in [5.74, 6) is 0. The van der Waals surface area contributed by atoms with E-state index in [0.29, 0.717) is 11.0 Å². The van der Waals surface area contributed by atoms with Crippen LogP contribution in [0.3, 0.4) is 0 Å². The number of nitrogens with zero attached hydrogens (tertiary/aromatic N) is 3. The Morgan fingerprint density at radius 3 is 2.68 bits per heavy atom. The van der Waals surface area contributed by atoms with Gasteiger partial charge in [0.05, 0.1) is 28.1 Å². The predicted octanol–water partition coefficient (Wildman–Crippen LogP) is 2.02. The van der Waals surface area contributed by atoms with E-state index in [1.807, 2.05) is 9.25 Å². The van der Waals surface area contributed by atoms with Gasteiger partial charge in [0.2, 0.25) is 5.43 Å². The van der Waals surface area contributed by atoms with Crippen molar-refractivity contribution in [2.45, 2.75) is 33.4 Å². The van der Waals surface area contributed by atoms with Gasteiger partial charge in [-0.3, -0.25) is 9.48 Å². The molecule has 0 aliphatic carbocycles. The number of rotatable bonds is 4. The van der Waals surface area contributed by atoms with Gasteiger partial charge in [-0.25, -0.2) is 0 Å². The zero-order valence-corrected chi connectivity index (χ0v) is 12.6. The third kappa shape index (κ3) is 2.89. The minimum absolute atomic E-state index is 0.172. The first kappa shape index (κ1) is 13.9. The molecule has 0 aliphatic heterocycles. The summed E-state index contributed by atoms with van der Waals surface area (Å²) in [5, 5.41) is 4.50. The van der Waals surface area contributed by atoms with E-state index in [2.05, 4.69) is 40.9 Å². The quantitative estimate of drug-likeness (QED) is 0.935. The van der Waals surface area contributed by atoms with E-state index in [1.54, 1.807) is 12.4 Å². The summed E-state index contributed by atoms with van der Waals surface area (Å²) in [6.07, 6.45) is 4.32. The Kier molecular flexibility index (Phi) is 4.09. The van der Waals surface area contributed by atoms with E-state index in [1.165, 1.54) is 0 Å². The zero-order valence-electron chi connectivity index (χ0n) is 11.1. The molecular formula is C13H17BrN4O. The summed E-state index contributed by atoms with van der Waals surface area (Å²) in [7, 11) is 0. The molecule has 19 heavy (non-hydrogen) atoms. The van der Waals surface area contributed by atoms with Crippen molar-refractivity contribution in [1.29, 1.82) is 0 Å². The van der Waals surface area contributed by atoms with Crippen molar-refractivity contribution in [3.05, 3.63) is 44.5 Å². The lowest BCUT2D eigenvalue weighted by Crippen LogP contribution is -2.15. The number of nitrogen functional groups attached to an aromatic ring is 1. The SMILES string of the molecule is CCc1cc(Cn2cc(N)c(=O)c(Br)c2)n(CC)n1. The molecule has 6 heteroatoms. The molecule has 2 rings (SSSR count). The molecule has 2 aromatic rings. The molecular weight excluding hydrogens is 308 g/mol. The van der Waals surface area contributed by atoms with Gasteiger partial charge in [-0.05, 0) is 35.3 Å². The lowest BCUT2D eigenvalue weighted by Gasteiger charge is -2.09. The van der Waals surface area contributed by atoms with Gasteiger partial charge < -0.3 is 10.3 Å². The lowest BCUT2D eigenvalue weighted by molar-refractivity contribution is 0.593. The van der Waals surface area contributed by atoms with Crippen LogP contribution in [0.25, 0.3) is 0 Å². The second-order valence-electron chi connectivity index (χ2n) is 4.36. The van der Waals surface area contributed by atoms with Crippen LogP contribution in [0.15, 0.2) is 27.7 Å². The first-order chi connectivity index (χ1) is 9.05. The molecule has 0 bridgehead atoms. The Morgan fingerprint density at radius 2 is 2.11 bits per heavy atom. The lowest BCUT2D eigenvalue weighted by atomic mass is 10.3. The Bertz CT molecular complexity index is 618. The molecule has 2 aromatic heterocycles. The van der Waals surface area contributed by atoms with Crippen LogP contribution in [0.2, 0.25) is 0 Å². The fourth-order valence-corrected chi connectivity index (χ4v) is 2.48. The second-order valence-corrected chi connectivity index (χ2v) is 5.21. The highest BCUT2D eigenvalue weighted by Crippen LogP contribution is 2.11. The molecule has 0 spiro atoms. The molecule has 0 fully saturated rings. The third-order valence-corrected chi connectivity index (χ3v) is 3.55. The van der Waals surface area contributed by atoms with Gasteiger partial charge in [-0.2, -0.15) is 5.10 Å². The van der Waals surface area contributed by atoms with Crippen molar-refractivity contribution in [2.24, 2.45) is 0 Å². The van der Waals surface area contributed by atoms with E-state index in [-0.39, 0.29) is 11.1 Å². The maximum absolute atomic E-state index is 11.5. The Labute approximate surface area is 120 Å². The second kappa shape index (κ2) is 5.61. The zero-order chi connectivity index (χ0) is 14.0. The minimum Gasteiger partial charge on any atom is -0.394 e. The molecule has 0 saturated carbocycles. The fourth-order valence-electron chi connectivity index (χ4n) is 1.98. The summed E-state index contributed by atoms with van der Waals surface area (Å²) in [4.78, 5) is 11.5. The number of anilines is 1. The average Bonchev–Trinajstić information content (AvgIpc) is 2.78. The maximum Gasteiger partial charge on any atom is 0.218 e. The van der Waals surface area contributed by atoms with Crippen LogP contribution >= 0.6 is 15.9 Å². The number of aromatic nitrogens is 3. The highest BCUT2D eigenvalue weighted by atomic mass is 79.9. The number of hydrogen-bond acceptors (Lipinski definition) is 3. The Hall–Kier alpha value is -1.56. The van der Waals surface area contributed by atoms with E-state index in [4.69, 9.17) is 5.73 Å². The van der Waals surface area contributed by atoms with Gasteiger partial charge in [0.1, 0.15) is 0 Å². The number of hydrogen-bond donors (Lipinski definition) is 1. The standard InChI is InChI=1S/C13H17BrN4O/c1-3-9-5-10(18(4-2)16-9)6-17-7-11(14)13(19)12(15)8-17/h5,7-8H,3-4,6,15H2,1-2H3. The largest absolute Gasteiger partial charge is 0.394 e. The monoisotopic (exact) mass is 324 g/mol. The number of pyridine rings is 1. The molecule has 5 nitrogen and oxygen atoms in total. The van der Waals surface area contributed by atoms with Crippen LogP contribution in [0.4, 0.5) is 5.69 Å². The van der Waals surface area contributed by atoms with Gasteiger partial charge in [-0.15, -0.1) is 0 Å². The Morgan fingerprint density at radius 1 is 1.37 bits per heavy atom. The first-order valence-corrected chi connectivity index (χ1v) is 7.05. The summed E-state index contributed by atoms with van der Waals surface area (Å²) < 4.78 is 4.34. The summed E-state index contributed by atoms with van der Waals surface area (Å²) in [6.45, 7) is 5.61. The molecule has 0 radical (unpaired) electrons. The maximum atomic E-state index is 11.5. The van der Waals surface area contributed by atoms with E-state index in [0.717, 1.165) is 24.4 Å². The van der Waals surface area contributed by atoms with Gasteiger partial charge in [0.25, 0.3) is 0 Å². The van der Waals surface area contributed by atoms with Crippen LogP contribution in [0.5, 0.6) is 0 Å². The molecule has 0 unspecified atom stereocenters. The third-order valence-electron chi connectivity index (χ3n) is 2.98. The van der Waals surface area contributed by atoms with Crippen LogP contribution in [-0.4, -0.2) is 14.3 Å².